The molecular weight excluding hydrogens is 336 g/mol. The van der Waals surface area contributed by atoms with Crippen molar-refractivity contribution in [2.75, 3.05) is 0 Å². The van der Waals surface area contributed by atoms with E-state index in [9.17, 15) is 16.8 Å². The lowest BCUT2D eigenvalue weighted by Gasteiger charge is -2.19. The highest BCUT2D eigenvalue weighted by molar-refractivity contribution is 8.31. The van der Waals surface area contributed by atoms with E-state index >= 15 is 0 Å². The Balaban J connectivity index is 2.51. The summed E-state index contributed by atoms with van der Waals surface area (Å²) in [5.41, 5.74) is 10.8. The van der Waals surface area contributed by atoms with Crippen LogP contribution in [0.15, 0.2) is 23.1 Å². The quantitative estimate of drug-likeness (QED) is 0.351. The van der Waals surface area contributed by atoms with Crippen LogP contribution in [0, 0.1) is 13.8 Å². The predicted octanol–water partition coefficient (Wildman–Crippen LogP) is 2.41. The minimum atomic E-state index is -4.39. The predicted molar refractivity (Wildman–Crippen MR) is 87.5 cm³/mol. The van der Waals surface area contributed by atoms with Crippen LogP contribution >= 0.6 is 0 Å². The summed E-state index contributed by atoms with van der Waals surface area (Å²) < 4.78 is 49.4. The van der Waals surface area contributed by atoms with E-state index in [1.54, 1.807) is 13.0 Å². The van der Waals surface area contributed by atoms with Crippen molar-refractivity contribution in [2.45, 2.75) is 56.1 Å². The number of hydrogen-bond donors (Lipinski definition) is 0. The van der Waals surface area contributed by atoms with Crippen molar-refractivity contribution in [2.24, 2.45) is 0 Å². The third kappa shape index (κ3) is 3.39. The van der Waals surface area contributed by atoms with Gasteiger partial charge in [-0.25, -0.2) is 16.8 Å². The molecule has 0 spiro atoms. The minimum absolute atomic E-state index is 0.173. The van der Waals surface area contributed by atoms with Crippen LogP contribution in [-0.2, 0) is 19.7 Å². The van der Waals surface area contributed by atoms with Crippen molar-refractivity contribution in [1.29, 1.82) is 0 Å². The van der Waals surface area contributed by atoms with Gasteiger partial charge in [0.2, 0.25) is 0 Å². The van der Waals surface area contributed by atoms with Gasteiger partial charge in [-0.3, -0.25) is 0 Å². The molecule has 0 N–H and O–H groups in total. The zero-order valence-corrected chi connectivity index (χ0v) is 14.8. The van der Waals surface area contributed by atoms with Crippen molar-refractivity contribution < 1.29 is 21.6 Å². The van der Waals surface area contributed by atoms with E-state index in [4.69, 9.17) is 5.53 Å². The highest BCUT2D eigenvalue weighted by atomic mass is 32.3. The van der Waals surface area contributed by atoms with Crippen molar-refractivity contribution in [3.8, 4) is 0 Å². The van der Waals surface area contributed by atoms with Crippen LogP contribution < -0.4 is 0 Å². The summed E-state index contributed by atoms with van der Waals surface area (Å²) in [7, 11) is -8.58. The second-order valence-corrected chi connectivity index (χ2v) is 10.2. The molecule has 0 saturated heterocycles. The first-order valence-electron chi connectivity index (χ1n) is 7.49. The molecule has 2 rings (SSSR count). The largest absolute Gasteiger partial charge is 0.499 e. The highest BCUT2D eigenvalue weighted by Gasteiger charge is 2.47. The first-order valence-corrected chi connectivity index (χ1v) is 10.5. The van der Waals surface area contributed by atoms with Crippen LogP contribution in [-0.4, -0.2) is 31.3 Å². The van der Waals surface area contributed by atoms with Gasteiger partial charge in [-0.2, -0.15) is 0 Å². The zero-order valence-electron chi connectivity index (χ0n) is 13.2. The molecule has 0 radical (unpaired) electrons. The molecule has 0 unspecified atom stereocenters. The Morgan fingerprint density at radius 2 is 1.65 bits per heavy atom. The summed E-state index contributed by atoms with van der Waals surface area (Å²) in [6, 6.07) is 4.33. The van der Waals surface area contributed by atoms with Gasteiger partial charge in [-0.15, -0.1) is 4.79 Å². The number of benzene rings is 1. The SMILES string of the molecule is Cc1ccc(S(=O)(=O)C(=[N+]=[N-])S(=O)(=O)C2CCCCC2)cc1C. The average Bonchev–Trinajstić information content (AvgIpc) is 2.51. The molecule has 0 aromatic heterocycles. The Hall–Kier alpha value is -1.50. The van der Waals surface area contributed by atoms with E-state index in [1.165, 1.54) is 12.1 Å². The number of aryl methyl sites for hydroxylation is 2. The second kappa shape index (κ2) is 6.55. The molecule has 1 saturated carbocycles. The van der Waals surface area contributed by atoms with Gasteiger partial charge < -0.3 is 5.53 Å². The highest BCUT2D eigenvalue weighted by Crippen LogP contribution is 2.27. The maximum atomic E-state index is 12.6. The molecule has 0 amide bonds. The molecule has 0 atom stereocenters. The Labute approximate surface area is 137 Å². The fraction of sp³-hybridized carbons (Fsp3) is 0.533. The second-order valence-electron chi connectivity index (χ2n) is 5.92. The number of rotatable bonds is 2. The summed E-state index contributed by atoms with van der Waals surface area (Å²) in [6.07, 6.45) is 3.17. The topological polar surface area (TPSA) is 105 Å². The van der Waals surface area contributed by atoms with Gasteiger partial charge in [0.25, 0.3) is 19.7 Å². The van der Waals surface area contributed by atoms with E-state index < -0.39 is 29.3 Å². The summed E-state index contributed by atoms with van der Waals surface area (Å²) in [5.74, 6) is 0. The molecule has 6 nitrogen and oxygen atoms in total. The molecule has 126 valence electrons. The van der Waals surface area contributed by atoms with Gasteiger partial charge in [0, 0.05) is 0 Å². The lowest BCUT2D eigenvalue weighted by molar-refractivity contribution is 0.00370. The zero-order chi connectivity index (χ0) is 17.3. The normalized spacial score (nSPS) is 16.8. The van der Waals surface area contributed by atoms with Crippen LogP contribution in [0.25, 0.3) is 5.53 Å². The van der Waals surface area contributed by atoms with Crippen molar-refractivity contribution >= 4 is 24.1 Å². The van der Waals surface area contributed by atoms with E-state index in [0.717, 1.165) is 30.4 Å². The molecule has 1 aliphatic carbocycles. The number of sulfone groups is 2. The van der Waals surface area contributed by atoms with Crippen LogP contribution in [0.3, 0.4) is 0 Å². The molecule has 0 heterocycles. The lowest BCUT2D eigenvalue weighted by Crippen LogP contribution is -2.35. The average molecular weight is 356 g/mol. The Morgan fingerprint density at radius 3 is 2.17 bits per heavy atom. The fourth-order valence-corrected chi connectivity index (χ4v) is 6.92. The van der Waals surface area contributed by atoms with Crippen molar-refractivity contribution in [3.63, 3.8) is 0 Å². The van der Waals surface area contributed by atoms with Gasteiger partial charge in [0.05, 0.1) is 10.1 Å². The third-order valence-electron chi connectivity index (χ3n) is 4.33. The monoisotopic (exact) mass is 356 g/mol. The van der Waals surface area contributed by atoms with Crippen LogP contribution in [0.2, 0.25) is 0 Å². The van der Waals surface area contributed by atoms with E-state index in [2.05, 4.69) is 4.79 Å². The molecule has 23 heavy (non-hydrogen) atoms. The third-order valence-corrected chi connectivity index (χ3v) is 9.02. The first-order chi connectivity index (χ1) is 10.7. The van der Waals surface area contributed by atoms with E-state index in [1.807, 2.05) is 6.92 Å². The van der Waals surface area contributed by atoms with Gasteiger partial charge in [-0.1, -0.05) is 25.3 Å². The van der Waals surface area contributed by atoms with Crippen LogP contribution in [0.1, 0.15) is 43.2 Å². The molecule has 8 heteroatoms. The van der Waals surface area contributed by atoms with Crippen LogP contribution in [0.4, 0.5) is 0 Å². The summed E-state index contributed by atoms with van der Waals surface area (Å²) in [5, 5.41) is -0.802. The van der Waals surface area contributed by atoms with Gasteiger partial charge in [0.15, 0.2) is 0 Å². The molecule has 1 aromatic rings. The number of hydrogen-bond acceptors (Lipinski definition) is 4. The molecule has 0 bridgehead atoms. The Bertz CT molecular complexity index is 861. The van der Waals surface area contributed by atoms with Gasteiger partial charge in [-0.05, 0) is 49.9 Å². The summed E-state index contributed by atoms with van der Waals surface area (Å²) in [4.78, 5) is 2.50. The molecular formula is C15H20N2O4S2. The molecule has 1 aliphatic rings. The lowest BCUT2D eigenvalue weighted by atomic mass is 10.0. The standard InChI is InChI=1S/C15H20N2O4S2/c1-11-8-9-14(10-12(11)2)23(20,21)15(17-16)22(18,19)13-6-4-3-5-7-13/h8-10,13H,3-7H2,1-2H3. The Kier molecular flexibility index (Phi) is 5.08. The molecule has 1 fully saturated rings. The van der Waals surface area contributed by atoms with E-state index in [0.29, 0.717) is 12.8 Å². The van der Waals surface area contributed by atoms with Crippen molar-refractivity contribution in [1.82, 2.24) is 0 Å². The van der Waals surface area contributed by atoms with Crippen LogP contribution in [0.5, 0.6) is 0 Å². The molecule has 1 aromatic carbocycles. The van der Waals surface area contributed by atoms with E-state index in [-0.39, 0.29) is 4.90 Å². The maximum absolute atomic E-state index is 12.6. The van der Waals surface area contributed by atoms with Gasteiger partial charge >= 0.3 is 4.38 Å². The first kappa shape index (κ1) is 17.8. The number of nitrogens with zero attached hydrogens (tertiary/aromatic N) is 2. The van der Waals surface area contributed by atoms with Crippen molar-refractivity contribution in [3.05, 3.63) is 34.9 Å². The summed E-state index contributed by atoms with van der Waals surface area (Å²) >= 11 is 0. The molecule has 0 aliphatic heterocycles. The Morgan fingerprint density at radius 1 is 1.04 bits per heavy atom. The smallest absolute Gasteiger partial charge is 0.359 e. The maximum Gasteiger partial charge on any atom is 0.499 e. The fourth-order valence-electron chi connectivity index (χ4n) is 2.76. The minimum Gasteiger partial charge on any atom is -0.359 e. The summed E-state index contributed by atoms with van der Waals surface area (Å²) in [6.45, 7) is 3.56. The van der Waals surface area contributed by atoms with Gasteiger partial charge in [0.1, 0.15) is 0 Å².